The van der Waals surface area contributed by atoms with Crippen molar-refractivity contribution in [3.8, 4) is 6.07 Å². The van der Waals surface area contributed by atoms with Crippen molar-refractivity contribution in [3.63, 3.8) is 0 Å². The van der Waals surface area contributed by atoms with E-state index in [4.69, 9.17) is 5.26 Å². The normalized spacial score (nSPS) is 19.9. The predicted octanol–water partition coefficient (Wildman–Crippen LogP) is 2.35. The maximum absolute atomic E-state index is 11.9. The fraction of sp³-hybridized carbons (Fsp3) is 0.333. The fourth-order valence-electron chi connectivity index (χ4n) is 1.96. The van der Waals surface area contributed by atoms with Gasteiger partial charge in [-0.1, -0.05) is 24.3 Å². The summed E-state index contributed by atoms with van der Waals surface area (Å²) in [6.07, 6.45) is 2.10. The number of benzene rings is 1. The van der Waals surface area contributed by atoms with Gasteiger partial charge < -0.3 is 0 Å². The smallest absolute Gasteiger partial charge is 0.167 e. The molecule has 0 aromatic heterocycles. The zero-order valence-electron chi connectivity index (χ0n) is 7.86. The van der Waals surface area contributed by atoms with Crippen molar-refractivity contribution in [2.24, 2.45) is 5.92 Å². The molecule has 1 aromatic rings. The van der Waals surface area contributed by atoms with Crippen LogP contribution in [0.25, 0.3) is 0 Å². The van der Waals surface area contributed by atoms with Gasteiger partial charge in [0, 0.05) is 17.9 Å². The van der Waals surface area contributed by atoms with Gasteiger partial charge >= 0.3 is 0 Å². The molecule has 1 aromatic carbocycles. The Morgan fingerprint density at radius 2 is 2.21 bits per heavy atom. The molecule has 0 fully saturated rings. The minimum atomic E-state index is -0.0742. The molecule has 1 aliphatic carbocycles. The molecule has 0 spiro atoms. The van der Waals surface area contributed by atoms with Crippen LogP contribution in [0.2, 0.25) is 0 Å². The van der Waals surface area contributed by atoms with Gasteiger partial charge in [-0.05, 0) is 18.4 Å². The van der Waals surface area contributed by atoms with Crippen LogP contribution >= 0.6 is 0 Å². The molecular formula is C12H11NO. The molecule has 0 heterocycles. The summed E-state index contributed by atoms with van der Waals surface area (Å²) in [5, 5.41) is 8.58. The molecule has 2 nitrogen and oxygen atoms in total. The van der Waals surface area contributed by atoms with Crippen LogP contribution in [-0.2, 0) is 6.42 Å². The Bertz CT molecular complexity index is 403. The lowest BCUT2D eigenvalue weighted by Crippen LogP contribution is -2.21. The van der Waals surface area contributed by atoms with Crippen LogP contribution in [-0.4, -0.2) is 5.78 Å². The van der Waals surface area contributed by atoms with Crippen molar-refractivity contribution >= 4 is 5.78 Å². The van der Waals surface area contributed by atoms with E-state index in [9.17, 15) is 4.79 Å². The Hall–Kier alpha value is -1.62. The predicted molar refractivity (Wildman–Crippen MR) is 52.8 cm³/mol. The maximum atomic E-state index is 11.9. The Morgan fingerprint density at radius 1 is 1.43 bits per heavy atom. The number of fused-ring (bicyclic) bond motifs is 1. The van der Waals surface area contributed by atoms with E-state index in [1.165, 1.54) is 0 Å². The Kier molecular flexibility index (Phi) is 2.32. The van der Waals surface area contributed by atoms with Gasteiger partial charge in [-0.15, -0.1) is 0 Å². The first kappa shape index (κ1) is 8.96. The van der Waals surface area contributed by atoms with Crippen molar-refractivity contribution in [2.45, 2.75) is 19.3 Å². The summed E-state index contributed by atoms with van der Waals surface area (Å²) >= 11 is 0. The molecule has 0 radical (unpaired) electrons. The second-order valence-corrected chi connectivity index (χ2v) is 3.62. The monoisotopic (exact) mass is 185 g/mol. The number of Topliss-reactive ketones (excluding diaryl/α,β-unsaturated/α-hetero) is 1. The maximum Gasteiger partial charge on any atom is 0.167 e. The van der Waals surface area contributed by atoms with Gasteiger partial charge in [-0.25, -0.2) is 0 Å². The zero-order valence-corrected chi connectivity index (χ0v) is 7.86. The molecule has 0 aliphatic heterocycles. The first-order chi connectivity index (χ1) is 6.83. The van der Waals surface area contributed by atoms with E-state index in [0.29, 0.717) is 6.42 Å². The standard InChI is InChI=1S/C12H11NO/c13-8-7-10-6-5-9-3-1-2-4-11(9)12(10)14/h1-4,10H,5-7H2/t10-/m1/s1. The average Bonchev–Trinajstić information content (AvgIpc) is 2.23. The summed E-state index contributed by atoms with van der Waals surface area (Å²) in [6, 6.07) is 9.77. The summed E-state index contributed by atoms with van der Waals surface area (Å²) in [5.74, 6) is 0.0725. The largest absolute Gasteiger partial charge is 0.294 e. The van der Waals surface area contributed by atoms with E-state index in [1.54, 1.807) is 0 Å². The quantitative estimate of drug-likeness (QED) is 0.673. The molecule has 0 saturated carbocycles. The Labute approximate surface area is 83.2 Å². The molecule has 0 amide bonds. The molecular weight excluding hydrogens is 174 g/mol. The SMILES string of the molecule is N#CC[C@H]1CCc2ccccc2C1=O. The minimum absolute atomic E-state index is 0.0742. The molecule has 0 unspecified atom stereocenters. The highest BCUT2D eigenvalue weighted by atomic mass is 16.1. The third-order valence-electron chi connectivity index (χ3n) is 2.75. The summed E-state index contributed by atoms with van der Waals surface area (Å²) in [7, 11) is 0. The number of carbonyl (C=O) groups excluding carboxylic acids is 1. The van der Waals surface area contributed by atoms with Crippen molar-refractivity contribution in [1.29, 1.82) is 5.26 Å². The van der Waals surface area contributed by atoms with Crippen molar-refractivity contribution in [1.82, 2.24) is 0 Å². The molecule has 70 valence electrons. The highest BCUT2D eigenvalue weighted by Gasteiger charge is 2.26. The average molecular weight is 185 g/mol. The van der Waals surface area contributed by atoms with E-state index in [-0.39, 0.29) is 11.7 Å². The number of carbonyl (C=O) groups is 1. The summed E-state index contributed by atoms with van der Waals surface area (Å²) in [4.78, 5) is 11.9. The summed E-state index contributed by atoms with van der Waals surface area (Å²) < 4.78 is 0. The van der Waals surface area contributed by atoms with Gasteiger partial charge in [0.05, 0.1) is 6.07 Å². The number of aryl methyl sites for hydroxylation is 1. The topological polar surface area (TPSA) is 40.9 Å². The van der Waals surface area contributed by atoms with Crippen LogP contribution in [0, 0.1) is 17.2 Å². The summed E-state index contributed by atoms with van der Waals surface area (Å²) in [6.45, 7) is 0. The summed E-state index contributed by atoms with van der Waals surface area (Å²) in [5.41, 5.74) is 1.95. The van der Waals surface area contributed by atoms with Gasteiger partial charge in [0.2, 0.25) is 0 Å². The molecule has 14 heavy (non-hydrogen) atoms. The molecule has 0 N–H and O–H groups in total. The minimum Gasteiger partial charge on any atom is -0.294 e. The highest BCUT2D eigenvalue weighted by molar-refractivity contribution is 6.00. The molecule has 0 bridgehead atoms. The third kappa shape index (κ3) is 1.42. The number of rotatable bonds is 1. The van der Waals surface area contributed by atoms with E-state index in [2.05, 4.69) is 6.07 Å². The van der Waals surface area contributed by atoms with E-state index in [1.807, 2.05) is 24.3 Å². The molecule has 0 saturated heterocycles. The van der Waals surface area contributed by atoms with Crippen LogP contribution < -0.4 is 0 Å². The second-order valence-electron chi connectivity index (χ2n) is 3.62. The molecule has 1 atom stereocenters. The van der Waals surface area contributed by atoms with Gasteiger partial charge in [0.25, 0.3) is 0 Å². The van der Waals surface area contributed by atoms with E-state index < -0.39 is 0 Å². The van der Waals surface area contributed by atoms with Crippen LogP contribution in [0.1, 0.15) is 28.8 Å². The number of hydrogen-bond donors (Lipinski definition) is 0. The van der Waals surface area contributed by atoms with Gasteiger partial charge in [-0.3, -0.25) is 4.79 Å². The van der Waals surface area contributed by atoms with Gasteiger partial charge in [-0.2, -0.15) is 5.26 Å². The lowest BCUT2D eigenvalue weighted by Gasteiger charge is -2.20. The fourth-order valence-corrected chi connectivity index (χ4v) is 1.96. The number of nitrogens with zero attached hydrogens (tertiary/aromatic N) is 1. The molecule has 2 heteroatoms. The lowest BCUT2D eigenvalue weighted by molar-refractivity contribution is 0.0904. The van der Waals surface area contributed by atoms with Crippen molar-refractivity contribution in [3.05, 3.63) is 35.4 Å². The third-order valence-corrected chi connectivity index (χ3v) is 2.75. The first-order valence-corrected chi connectivity index (χ1v) is 4.82. The van der Waals surface area contributed by atoms with Gasteiger partial charge in [0.15, 0.2) is 5.78 Å². The van der Waals surface area contributed by atoms with Gasteiger partial charge in [0.1, 0.15) is 0 Å². The zero-order chi connectivity index (χ0) is 9.97. The van der Waals surface area contributed by atoms with Crippen LogP contribution in [0.3, 0.4) is 0 Å². The molecule has 1 aliphatic rings. The van der Waals surface area contributed by atoms with Crippen molar-refractivity contribution < 1.29 is 4.79 Å². The van der Waals surface area contributed by atoms with Crippen molar-refractivity contribution in [2.75, 3.05) is 0 Å². The Balaban J connectivity index is 2.33. The number of hydrogen-bond acceptors (Lipinski definition) is 2. The van der Waals surface area contributed by atoms with E-state index >= 15 is 0 Å². The lowest BCUT2D eigenvalue weighted by atomic mass is 9.81. The number of ketones is 1. The van der Waals surface area contributed by atoms with Crippen LogP contribution in [0.5, 0.6) is 0 Å². The highest BCUT2D eigenvalue weighted by Crippen LogP contribution is 2.26. The van der Waals surface area contributed by atoms with Crippen LogP contribution in [0.4, 0.5) is 0 Å². The Morgan fingerprint density at radius 3 is 3.00 bits per heavy atom. The number of nitriles is 1. The second kappa shape index (κ2) is 3.63. The van der Waals surface area contributed by atoms with E-state index in [0.717, 1.165) is 24.0 Å². The molecule has 2 rings (SSSR count). The van der Waals surface area contributed by atoms with Crippen LogP contribution in [0.15, 0.2) is 24.3 Å². The first-order valence-electron chi connectivity index (χ1n) is 4.82.